The highest BCUT2D eigenvalue weighted by Gasteiger charge is 2.34. The molecule has 0 unspecified atom stereocenters. The lowest BCUT2D eigenvalue weighted by Gasteiger charge is -2.43. The molecule has 0 bridgehead atoms. The van der Waals surface area contributed by atoms with Gasteiger partial charge in [0.25, 0.3) is 5.78 Å². The molecule has 2 aliphatic rings. The normalized spacial score (nSPS) is 21.5. The van der Waals surface area contributed by atoms with E-state index in [4.69, 9.17) is 4.98 Å². The standard InChI is InChI=1S/C21H25N9/c1-13-7-9-29(20-14-4-3-5-16(14)27-21-25-12-26-30(20)21)10-17(13)28(2)19-15-6-8-22-18(15)23-11-24-19/h6,8,11-13,17H,3-5,7,9-10H2,1-2H3,(H,22,23,24)/t13-,17+/m1/s1. The molecule has 0 aromatic carbocycles. The zero-order valence-electron chi connectivity index (χ0n) is 17.3. The van der Waals surface area contributed by atoms with E-state index >= 15 is 0 Å². The molecule has 0 saturated carbocycles. The third kappa shape index (κ3) is 2.57. The van der Waals surface area contributed by atoms with Crippen LogP contribution in [0.2, 0.25) is 0 Å². The number of nitrogens with zero attached hydrogens (tertiary/aromatic N) is 8. The number of rotatable bonds is 3. The van der Waals surface area contributed by atoms with Gasteiger partial charge in [-0.2, -0.15) is 14.6 Å². The second-order valence-corrected chi connectivity index (χ2v) is 8.51. The third-order valence-corrected chi connectivity index (χ3v) is 6.81. The first-order valence-corrected chi connectivity index (χ1v) is 10.7. The van der Waals surface area contributed by atoms with E-state index in [-0.39, 0.29) is 0 Å². The number of aromatic nitrogens is 7. The minimum Gasteiger partial charge on any atom is -0.354 e. The fourth-order valence-electron chi connectivity index (χ4n) is 5.17. The summed E-state index contributed by atoms with van der Waals surface area (Å²) in [5.41, 5.74) is 3.42. The van der Waals surface area contributed by atoms with Crippen molar-refractivity contribution >= 4 is 28.4 Å². The zero-order valence-corrected chi connectivity index (χ0v) is 17.3. The van der Waals surface area contributed by atoms with Crippen molar-refractivity contribution in [3.8, 4) is 0 Å². The summed E-state index contributed by atoms with van der Waals surface area (Å²) >= 11 is 0. The maximum Gasteiger partial charge on any atom is 0.254 e. The van der Waals surface area contributed by atoms with Gasteiger partial charge in [0, 0.05) is 31.9 Å². The number of fused-ring (bicyclic) bond motifs is 3. The lowest BCUT2D eigenvalue weighted by molar-refractivity contribution is 0.364. The van der Waals surface area contributed by atoms with Crippen molar-refractivity contribution in [1.82, 2.24) is 34.5 Å². The largest absolute Gasteiger partial charge is 0.354 e. The summed E-state index contributed by atoms with van der Waals surface area (Å²) in [6, 6.07) is 2.39. The number of nitrogens with one attached hydrogen (secondary N) is 1. The minimum atomic E-state index is 0.329. The molecule has 1 N–H and O–H groups in total. The molecule has 4 aromatic rings. The second-order valence-electron chi connectivity index (χ2n) is 8.51. The number of piperidine rings is 1. The molecule has 154 valence electrons. The molecule has 9 heteroatoms. The van der Waals surface area contributed by atoms with Crippen molar-refractivity contribution < 1.29 is 0 Å². The molecule has 1 aliphatic carbocycles. The molecule has 4 aromatic heterocycles. The highest BCUT2D eigenvalue weighted by Crippen LogP contribution is 2.35. The Bertz CT molecular complexity index is 1230. The second kappa shape index (κ2) is 6.65. The summed E-state index contributed by atoms with van der Waals surface area (Å²) < 4.78 is 1.94. The maximum absolute atomic E-state index is 4.75. The molecule has 2 atom stereocenters. The van der Waals surface area contributed by atoms with Crippen molar-refractivity contribution in [1.29, 1.82) is 0 Å². The lowest BCUT2D eigenvalue weighted by atomic mass is 9.92. The minimum absolute atomic E-state index is 0.329. The molecule has 1 saturated heterocycles. The van der Waals surface area contributed by atoms with Gasteiger partial charge in [-0.25, -0.2) is 15.0 Å². The van der Waals surface area contributed by atoms with Gasteiger partial charge >= 0.3 is 0 Å². The summed E-state index contributed by atoms with van der Waals surface area (Å²) in [6.07, 6.45) is 9.55. The van der Waals surface area contributed by atoms with E-state index in [0.717, 1.165) is 55.6 Å². The SMILES string of the molecule is C[C@@H]1CCN(c2c3c(nc4ncnn24)CCC3)C[C@@H]1N(C)c1ncnc2[nH]ccc12. The van der Waals surface area contributed by atoms with E-state index in [1.165, 1.54) is 17.1 Å². The highest BCUT2D eigenvalue weighted by molar-refractivity contribution is 5.87. The molecule has 1 fully saturated rings. The molecule has 30 heavy (non-hydrogen) atoms. The van der Waals surface area contributed by atoms with Crippen molar-refractivity contribution in [2.45, 2.75) is 38.6 Å². The van der Waals surface area contributed by atoms with Gasteiger partial charge in [-0.3, -0.25) is 0 Å². The number of likely N-dealkylation sites (N-methyl/N-ethyl adjacent to an activating group) is 1. The van der Waals surface area contributed by atoms with Gasteiger partial charge in [0.1, 0.15) is 29.9 Å². The number of hydrogen-bond donors (Lipinski definition) is 1. The Morgan fingerprint density at radius 1 is 1.17 bits per heavy atom. The van der Waals surface area contributed by atoms with Crippen molar-refractivity contribution in [3.63, 3.8) is 0 Å². The predicted octanol–water partition coefficient (Wildman–Crippen LogP) is 2.24. The molecule has 9 nitrogen and oxygen atoms in total. The molecule has 6 rings (SSSR count). The number of aromatic amines is 1. The van der Waals surface area contributed by atoms with Crippen LogP contribution in [0.25, 0.3) is 16.8 Å². The van der Waals surface area contributed by atoms with Gasteiger partial charge in [-0.15, -0.1) is 0 Å². The molecule has 1 aliphatic heterocycles. The Balaban J connectivity index is 1.39. The summed E-state index contributed by atoms with van der Waals surface area (Å²) in [5.74, 6) is 3.42. The topological polar surface area (TPSA) is 91.1 Å². The van der Waals surface area contributed by atoms with E-state index in [2.05, 4.69) is 54.9 Å². The van der Waals surface area contributed by atoms with E-state index in [1.807, 2.05) is 10.7 Å². The number of aryl methyl sites for hydroxylation is 1. The van der Waals surface area contributed by atoms with Crippen LogP contribution in [0.4, 0.5) is 11.6 Å². The summed E-state index contributed by atoms with van der Waals surface area (Å²) in [4.78, 5) is 26.1. The Morgan fingerprint density at radius 2 is 2.10 bits per heavy atom. The molecule has 0 radical (unpaired) electrons. The fourth-order valence-corrected chi connectivity index (χ4v) is 5.17. The van der Waals surface area contributed by atoms with Crippen LogP contribution in [0.15, 0.2) is 24.9 Å². The van der Waals surface area contributed by atoms with Crippen LogP contribution in [-0.4, -0.2) is 60.7 Å². The average Bonchev–Trinajstić information content (AvgIpc) is 3.51. The Labute approximate surface area is 174 Å². The zero-order chi connectivity index (χ0) is 20.2. The van der Waals surface area contributed by atoms with Gasteiger partial charge in [-0.1, -0.05) is 6.92 Å². The first-order chi connectivity index (χ1) is 14.7. The number of anilines is 2. The molecular formula is C21H25N9. The van der Waals surface area contributed by atoms with E-state index in [0.29, 0.717) is 17.7 Å². The molecular weight excluding hydrogens is 378 g/mol. The van der Waals surface area contributed by atoms with Crippen LogP contribution in [0.1, 0.15) is 31.0 Å². The third-order valence-electron chi connectivity index (χ3n) is 6.81. The van der Waals surface area contributed by atoms with E-state index < -0.39 is 0 Å². The smallest absolute Gasteiger partial charge is 0.254 e. The monoisotopic (exact) mass is 403 g/mol. The first-order valence-electron chi connectivity index (χ1n) is 10.7. The van der Waals surface area contributed by atoms with Crippen LogP contribution in [0.3, 0.4) is 0 Å². The van der Waals surface area contributed by atoms with Crippen LogP contribution in [0, 0.1) is 5.92 Å². The molecule has 0 spiro atoms. The van der Waals surface area contributed by atoms with Gasteiger partial charge in [0.2, 0.25) is 0 Å². The van der Waals surface area contributed by atoms with Crippen molar-refractivity contribution in [2.24, 2.45) is 5.92 Å². The highest BCUT2D eigenvalue weighted by atomic mass is 15.4. The van der Waals surface area contributed by atoms with Crippen molar-refractivity contribution in [3.05, 3.63) is 36.2 Å². The summed E-state index contributed by atoms with van der Waals surface area (Å²) in [5, 5.41) is 5.58. The Morgan fingerprint density at radius 3 is 3.03 bits per heavy atom. The van der Waals surface area contributed by atoms with Gasteiger partial charge in [-0.05, 0) is 37.7 Å². The first kappa shape index (κ1) is 17.6. The molecule has 5 heterocycles. The number of H-pyrrole nitrogens is 1. The Kier molecular flexibility index (Phi) is 3.90. The van der Waals surface area contributed by atoms with Gasteiger partial charge < -0.3 is 14.8 Å². The van der Waals surface area contributed by atoms with Gasteiger partial charge in [0.05, 0.1) is 17.1 Å². The van der Waals surface area contributed by atoms with E-state index in [1.54, 1.807) is 12.7 Å². The molecule has 0 amide bonds. The van der Waals surface area contributed by atoms with Crippen LogP contribution in [0.5, 0.6) is 0 Å². The summed E-state index contributed by atoms with van der Waals surface area (Å²) in [7, 11) is 2.15. The quantitative estimate of drug-likeness (QED) is 0.561. The average molecular weight is 403 g/mol. The van der Waals surface area contributed by atoms with Crippen LogP contribution >= 0.6 is 0 Å². The summed E-state index contributed by atoms with van der Waals surface area (Å²) in [6.45, 7) is 4.27. The van der Waals surface area contributed by atoms with Crippen LogP contribution in [-0.2, 0) is 12.8 Å². The maximum atomic E-state index is 4.75. The van der Waals surface area contributed by atoms with E-state index in [9.17, 15) is 0 Å². The fraction of sp³-hybridized carbons (Fsp3) is 0.476. The van der Waals surface area contributed by atoms with Crippen LogP contribution < -0.4 is 9.80 Å². The van der Waals surface area contributed by atoms with Crippen molar-refractivity contribution in [2.75, 3.05) is 29.9 Å². The Hall–Kier alpha value is -3.23. The number of hydrogen-bond acceptors (Lipinski definition) is 7. The lowest BCUT2D eigenvalue weighted by Crippen LogP contribution is -2.52. The predicted molar refractivity (Wildman–Crippen MR) is 115 cm³/mol. The van der Waals surface area contributed by atoms with Gasteiger partial charge in [0.15, 0.2) is 0 Å².